The highest BCUT2D eigenvalue weighted by atomic mass is 32.1. The number of nitrogens with one attached hydrogen (secondary N) is 2. The van der Waals surface area contributed by atoms with Crippen LogP contribution in [0.15, 0.2) is 0 Å². The zero-order valence-electron chi connectivity index (χ0n) is 14.9. The van der Waals surface area contributed by atoms with Crippen LogP contribution in [0.5, 0.6) is 0 Å². The fourth-order valence-electron chi connectivity index (χ4n) is 3.42. The summed E-state index contributed by atoms with van der Waals surface area (Å²) in [6, 6.07) is 0. The van der Waals surface area contributed by atoms with Gasteiger partial charge < -0.3 is 20.1 Å². The number of thiophene rings is 1. The van der Waals surface area contributed by atoms with Crippen molar-refractivity contribution in [1.29, 1.82) is 0 Å². The molecule has 1 fully saturated rings. The Labute approximate surface area is 158 Å². The molecule has 2 N–H and O–H groups in total. The summed E-state index contributed by atoms with van der Waals surface area (Å²) in [4.78, 5) is 13.8. The van der Waals surface area contributed by atoms with Gasteiger partial charge in [0.1, 0.15) is 5.00 Å². The summed E-state index contributed by atoms with van der Waals surface area (Å²) in [6.45, 7) is 5.99. The lowest BCUT2D eigenvalue weighted by atomic mass is 9.88. The highest BCUT2D eigenvalue weighted by Gasteiger charge is 2.28. The van der Waals surface area contributed by atoms with Crippen molar-refractivity contribution in [2.75, 3.05) is 25.1 Å². The molecule has 2 heterocycles. The smallest absolute Gasteiger partial charge is 0.341 e. The number of hydrogen-bond donors (Lipinski definition) is 2. The van der Waals surface area contributed by atoms with Crippen molar-refractivity contribution in [3.8, 4) is 0 Å². The number of thiocarbonyl (C=S) groups is 1. The van der Waals surface area contributed by atoms with Gasteiger partial charge >= 0.3 is 5.97 Å². The molecule has 0 amide bonds. The minimum atomic E-state index is -0.251. The molecule has 2 aliphatic rings. The van der Waals surface area contributed by atoms with Crippen molar-refractivity contribution < 1.29 is 14.3 Å². The zero-order chi connectivity index (χ0) is 17.8. The fourth-order valence-corrected chi connectivity index (χ4v) is 5.07. The van der Waals surface area contributed by atoms with Gasteiger partial charge in [0.25, 0.3) is 0 Å². The molecule has 1 aromatic heterocycles. The van der Waals surface area contributed by atoms with Crippen LogP contribution in [0.3, 0.4) is 0 Å². The Kier molecular flexibility index (Phi) is 6.30. The molecule has 5 nitrogen and oxygen atoms in total. The average Bonchev–Trinajstić information content (AvgIpc) is 3.19. The van der Waals surface area contributed by atoms with E-state index in [1.54, 1.807) is 11.3 Å². The monoisotopic (exact) mass is 382 g/mol. The first-order valence-electron chi connectivity index (χ1n) is 9.06. The predicted molar refractivity (Wildman–Crippen MR) is 105 cm³/mol. The number of carbonyl (C=O) groups excluding carboxylic acids is 1. The lowest BCUT2D eigenvalue weighted by molar-refractivity contribution is 0.0526. The van der Waals surface area contributed by atoms with E-state index < -0.39 is 0 Å². The molecule has 0 bridgehead atoms. The van der Waals surface area contributed by atoms with Gasteiger partial charge in [-0.25, -0.2) is 4.79 Å². The van der Waals surface area contributed by atoms with Crippen molar-refractivity contribution in [2.45, 2.75) is 52.1 Å². The third-order valence-corrected chi connectivity index (χ3v) is 6.15. The van der Waals surface area contributed by atoms with E-state index in [9.17, 15) is 4.79 Å². The van der Waals surface area contributed by atoms with Crippen LogP contribution in [0.25, 0.3) is 0 Å². The van der Waals surface area contributed by atoms with Crippen molar-refractivity contribution in [2.24, 2.45) is 5.92 Å². The van der Waals surface area contributed by atoms with Crippen LogP contribution in [0.2, 0.25) is 0 Å². The van der Waals surface area contributed by atoms with Crippen LogP contribution in [-0.2, 0) is 22.3 Å². The number of ether oxygens (including phenoxy) is 2. The second kappa shape index (κ2) is 8.47. The molecule has 7 heteroatoms. The molecule has 1 saturated heterocycles. The van der Waals surface area contributed by atoms with E-state index in [0.717, 1.165) is 49.3 Å². The molecule has 0 spiro atoms. The summed E-state index contributed by atoms with van der Waals surface area (Å²) in [5.74, 6) is 0.401. The normalized spacial score (nSPS) is 22.3. The Morgan fingerprint density at radius 2 is 2.28 bits per heavy atom. The Bertz CT molecular complexity index is 639. The zero-order valence-corrected chi connectivity index (χ0v) is 16.5. The largest absolute Gasteiger partial charge is 0.462 e. The summed E-state index contributed by atoms with van der Waals surface area (Å²) >= 11 is 7.06. The first kappa shape index (κ1) is 18.6. The average molecular weight is 383 g/mol. The van der Waals surface area contributed by atoms with E-state index >= 15 is 0 Å². The predicted octanol–water partition coefficient (Wildman–Crippen LogP) is 3.52. The highest BCUT2D eigenvalue weighted by Crippen LogP contribution is 2.40. The van der Waals surface area contributed by atoms with Gasteiger partial charge in [-0.1, -0.05) is 6.92 Å². The minimum absolute atomic E-state index is 0.224. The number of fused-ring (bicyclic) bond motifs is 1. The van der Waals surface area contributed by atoms with Crippen LogP contribution in [0, 0.1) is 5.92 Å². The van der Waals surface area contributed by atoms with Crippen molar-refractivity contribution >= 4 is 39.6 Å². The molecule has 2 atom stereocenters. The van der Waals surface area contributed by atoms with E-state index in [1.165, 1.54) is 4.88 Å². The van der Waals surface area contributed by atoms with Crippen molar-refractivity contribution in [3.63, 3.8) is 0 Å². The highest BCUT2D eigenvalue weighted by molar-refractivity contribution is 7.80. The Hall–Kier alpha value is -1.18. The molecule has 25 heavy (non-hydrogen) atoms. The standard InChI is InChI=1S/C18H26N2O3S2/c1-3-22-17(21)15-13-7-6-11(2)9-14(13)25-16(15)20-18(24)19-10-12-5-4-8-23-12/h11-12H,3-10H2,1-2H3,(H2,19,20,24)/t11-,12+/m0/s1. The Balaban J connectivity index is 1.72. The van der Waals surface area contributed by atoms with Crippen LogP contribution >= 0.6 is 23.6 Å². The van der Waals surface area contributed by atoms with E-state index in [0.29, 0.717) is 29.7 Å². The minimum Gasteiger partial charge on any atom is -0.462 e. The molecular formula is C18H26N2O3S2. The van der Waals surface area contributed by atoms with Gasteiger partial charge in [0.05, 0.1) is 18.3 Å². The SMILES string of the molecule is CCOC(=O)c1c(NC(=S)NC[C@H]2CCCO2)sc2c1CC[C@H](C)C2. The van der Waals surface area contributed by atoms with Crippen LogP contribution < -0.4 is 10.6 Å². The van der Waals surface area contributed by atoms with E-state index in [-0.39, 0.29) is 12.1 Å². The number of anilines is 1. The molecule has 1 aromatic rings. The fraction of sp³-hybridized carbons (Fsp3) is 0.667. The van der Waals surface area contributed by atoms with Gasteiger partial charge in [0.2, 0.25) is 0 Å². The van der Waals surface area contributed by atoms with Crippen molar-refractivity contribution in [1.82, 2.24) is 5.32 Å². The summed E-state index contributed by atoms with van der Waals surface area (Å²) in [6.07, 6.45) is 5.45. The van der Waals surface area contributed by atoms with E-state index in [1.807, 2.05) is 6.92 Å². The molecule has 1 aliphatic carbocycles. The van der Waals surface area contributed by atoms with Crippen LogP contribution in [-0.4, -0.2) is 36.9 Å². The molecule has 0 aromatic carbocycles. The second-order valence-corrected chi connectivity index (χ2v) is 8.26. The Morgan fingerprint density at radius 3 is 3.00 bits per heavy atom. The summed E-state index contributed by atoms with van der Waals surface area (Å²) < 4.78 is 10.9. The molecular weight excluding hydrogens is 356 g/mol. The number of esters is 1. The second-order valence-electron chi connectivity index (χ2n) is 6.75. The summed E-state index contributed by atoms with van der Waals surface area (Å²) in [5, 5.41) is 7.78. The summed E-state index contributed by atoms with van der Waals surface area (Å²) in [7, 11) is 0. The first-order valence-corrected chi connectivity index (χ1v) is 10.3. The third-order valence-electron chi connectivity index (χ3n) is 4.73. The van der Waals surface area contributed by atoms with Crippen LogP contribution in [0.4, 0.5) is 5.00 Å². The lowest BCUT2D eigenvalue weighted by Gasteiger charge is -2.18. The van der Waals surface area contributed by atoms with Crippen LogP contribution in [0.1, 0.15) is 53.9 Å². The van der Waals surface area contributed by atoms with Gasteiger partial charge in [0.15, 0.2) is 5.11 Å². The van der Waals surface area contributed by atoms with E-state index in [4.69, 9.17) is 21.7 Å². The van der Waals surface area contributed by atoms with Gasteiger partial charge in [0, 0.05) is 18.0 Å². The van der Waals surface area contributed by atoms with Crippen molar-refractivity contribution in [3.05, 3.63) is 16.0 Å². The lowest BCUT2D eigenvalue weighted by Crippen LogP contribution is -2.35. The maximum atomic E-state index is 12.5. The Morgan fingerprint density at radius 1 is 1.44 bits per heavy atom. The number of rotatable bonds is 5. The topological polar surface area (TPSA) is 59.6 Å². The third kappa shape index (κ3) is 4.51. The maximum Gasteiger partial charge on any atom is 0.341 e. The molecule has 138 valence electrons. The van der Waals surface area contributed by atoms with Gasteiger partial charge in [-0.15, -0.1) is 11.3 Å². The van der Waals surface area contributed by atoms with Gasteiger partial charge in [-0.05, 0) is 62.7 Å². The molecule has 1 aliphatic heterocycles. The summed E-state index contributed by atoms with van der Waals surface area (Å²) in [5.41, 5.74) is 1.82. The quantitative estimate of drug-likeness (QED) is 0.600. The van der Waals surface area contributed by atoms with E-state index in [2.05, 4.69) is 17.6 Å². The number of hydrogen-bond acceptors (Lipinski definition) is 5. The van der Waals surface area contributed by atoms with Gasteiger partial charge in [-0.3, -0.25) is 0 Å². The first-order chi connectivity index (χ1) is 12.1. The molecule has 0 saturated carbocycles. The molecule has 3 rings (SSSR count). The van der Waals surface area contributed by atoms with Gasteiger partial charge in [-0.2, -0.15) is 0 Å². The maximum absolute atomic E-state index is 12.5. The number of carbonyl (C=O) groups is 1. The molecule has 0 unspecified atom stereocenters. The molecule has 0 radical (unpaired) electrons.